The van der Waals surface area contributed by atoms with E-state index in [-0.39, 0.29) is 12.6 Å². The van der Waals surface area contributed by atoms with Crippen LogP contribution in [0.15, 0.2) is 42.6 Å². The van der Waals surface area contributed by atoms with Crippen LogP contribution >= 0.6 is 0 Å². The zero-order chi connectivity index (χ0) is 14.2. The fourth-order valence-electron chi connectivity index (χ4n) is 1.86. The van der Waals surface area contributed by atoms with Crippen LogP contribution in [0.1, 0.15) is 24.9 Å². The average molecular weight is 272 g/mol. The summed E-state index contributed by atoms with van der Waals surface area (Å²) >= 11 is 0. The Hall–Kier alpha value is -2.14. The van der Waals surface area contributed by atoms with E-state index in [1.807, 2.05) is 30.3 Å². The number of aromatic nitrogens is 2. The van der Waals surface area contributed by atoms with Gasteiger partial charge in [-0.25, -0.2) is 4.98 Å². The number of benzene rings is 1. The summed E-state index contributed by atoms with van der Waals surface area (Å²) in [5.74, 6) is 1.29. The third-order valence-corrected chi connectivity index (χ3v) is 2.90. The molecule has 1 unspecified atom stereocenters. The van der Waals surface area contributed by atoms with Gasteiger partial charge in [-0.1, -0.05) is 37.3 Å². The lowest BCUT2D eigenvalue weighted by Crippen LogP contribution is -2.16. The molecular formula is C15H20N4O. The number of aliphatic hydroxyl groups excluding tert-OH is 1. The van der Waals surface area contributed by atoms with Crippen molar-refractivity contribution in [1.29, 1.82) is 0 Å². The van der Waals surface area contributed by atoms with Crippen LogP contribution in [-0.4, -0.2) is 28.2 Å². The molecule has 106 valence electrons. The van der Waals surface area contributed by atoms with Crippen LogP contribution < -0.4 is 10.6 Å². The Morgan fingerprint density at radius 2 is 2.00 bits per heavy atom. The van der Waals surface area contributed by atoms with E-state index in [9.17, 15) is 5.11 Å². The molecule has 0 saturated carbocycles. The lowest BCUT2D eigenvalue weighted by Gasteiger charge is -2.17. The van der Waals surface area contributed by atoms with Gasteiger partial charge in [0.05, 0.1) is 12.6 Å². The summed E-state index contributed by atoms with van der Waals surface area (Å²) in [6.45, 7) is 2.93. The molecule has 5 heteroatoms. The van der Waals surface area contributed by atoms with E-state index < -0.39 is 0 Å². The van der Waals surface area contributed by atoms with Gasteiger partial charge in [0.2, 0.25) is 5.95 Å². The Morgan fingerprint density at radius 1 is 1.20 bits per heavy atom. The minimum atomic E-state index is -0.176. The van der Waals surface area contributed by atoms with Gasteiger partial charge < -0.3 is 15.7 Å². The number of aliphatic hydroxyl groups is 1. The smallest absolute Gasteiger partial charge is 0.224 e. The van der Waals surface area contributed by atoms with Crippen molar-refractivity contribution in [2.75, 3.05) is 23.8 Å². The minimum Gasteiger partial charge on any atom is -0.394 e. The molecule has 1 aromatic carbocycles. The molecule has 0 fully saturated rings. The Kier molecular flexibility index (Phi) is 5.32. The van der Waals surface area contributed by atoms with Crippen molar-refractivity contribution < 1.29 is 5.11 Å². The van der Waals surface area contributed by atoms with E-state index in [4.69, 9.17) is 0 Å². The standard InChI is InChI=1S/C15H20N4O/c1-2-9-16-15-17-10-8-14(19-15)18-13(11-20)12-6-4-3-5-7-12/h3-8,10,13,20H,2,9,11H2,1H3,(H2,16,17,18,19). The van der Waals surface area contributed by atoms with Gasteiger partial charge in [-0.05, 0) is 18.1 Å². The molecule has 1 heterocycles. The van der Waals surface area contributed by atoms with Crippen molar-refractivity contribution in [3.8, 4) is 0 Å². The Balaban J connectivity index is 2.07. The van der Waals surface area contributed by atoms with Gasteiger partial charge in [-0.2, -0.15) is 4.98 Å². The topological polar surface area (TPSA) is 70.1 Å². The van der Waals surface area contributed by atoms with E-state index in [2.05, 4.69) is 27.5 Å². The normalized spacial score (nSPS) is 11.9. The van der Waals surface area contributed by atoms with Gasteiger partial charge in [0.1, 0.15) is 5.82 Å². The van der Waals surface area contributed by atoms with Gasteiger partial charge in [-0.3, -0.25) is 0 Å². The highest BCUT2D eigenvalue weighted by Crippen LogP contribution is 2.18. The molecule has 1 atom stereocenters. The second-order valence-electron chi connectivity index (χ2n) is 4.48. The highest BCUT2D eigenvalue weighted by atomic mass is 16.3. The van der Waals surface area contributed by atoms with E-state index in [1.165, 1.54) is 0 Å². The van der Waals surface area contributed by atoms with Gasteiger partial charge in [0, 0.05) is 12.7 Å². The summed E-state index contributed by atoms with van der Waals surface area (Å²) in [7, 11) is 0. The van der Waals surface area contributed by atoms with E-state index in [0.717, 1.165) is 18.5 Å². The Labute approximate surface area is 119 Å². The fourth-order valence-corrected chi connectivity index (χ4v) is 1.86. The van der Waals surface area contributed by atoms with Crippen molar-refractivity contribution in [2.24, 2.45) is 0 Å². The molecule has 3 N–H and O–H groups in total. The van der Waals surface area contributed by atoms with Crippen LogP contribution in [0.25, 0.3) is 0 Å². The summed E-state index contributed by atoms with van der Waals surface area (Å²) in [5.41, 5.74) is 1.02. The lowest BCUT2D eigenvalue weighted by molar-refractivity contribution is 0.276. The minimum absolute atomic E-state index is 0.00569. The second-order valence-corrected chi connectivity index (χ2v) is 4.48. The summed E-state index contributed by atoms with van der Waals surface area (Å²) in [5, 5.41) is 15.9. The molecule has 0 saturated heterocycles. The molecule has 2 rings (SSSR count). The first-order chi connectivity index (χ1) is 9.83. The van der Waals surface area contributed by atoms with Crippen LogP contribution in [-0.2, 0) is 0 Å². The highest BCUT2D eigenvalue weighted by molar-refractivity contribution is 5.42. The molecule has 0 spiro atoms. The van der Waals surface area contributed by atoms with Crippen LogP contribution in [0.3, 0.4) is 0 Å². The molecular weight excluding hydrogens is 252 g/mol. The Morgan fingerprint density at radius 3 is 2.70 bits per heavy atom. The lowest BCUT2D eigenvalue weighted by atomic mass is 10.1. The van der Waals surface area contributed by atoms with Crippen molar-refractivity contribution in [1.82, 2.24) is 9.97 Å². The molecule has 0 aliphatic heterocycles. The highest BCUT2D eigenvalue weighted by Gasteiger charge is 2.10. The Bertz CT molecular complexity index is 518. The largest absolute Gasteiger partial charge is 0.394 e. The molecule has 5 nitrogen and oxygen atoms in total. The number of rotatable bonds is 7. The third-order valence-electron chi connectivity index (χ3n) is 2.90. The van der Waals surface area contributed by atoms with Gasteiger partial charge in [-0.15, -0.1) is 0 Å². The molecule has 2 aromatic rings. The first kappa shape index (κ1) is 14.3. The third kappa shape index (κ3) is 3.93. The number of anilines is 2. The number of nitrogens with one attached hydrogen (secondary N) is 2. The fraction of sp³-hybridized carbons (Fsp3) is 0.333. The summed E-state index contributed by atoms with van der Waals surface area (Å²) in [6, 6.07) is 11.4. The SMILES string of the molecule is CCCNc1nccc(NC(CO)c2ccccc2)n1. The van der Waals surface area contributed by atoms with Gasteiger partial charge >= 0.3 is 0 Å². The molecule has 1 aromatic heterocycles. The second kappa shape index (κ2) is 7.45. The van der Waals surface area contributed by atoms with E-state index >= 15 is 0 Å². The van der Waals surface area contributed by atoms with Crippen molar-refractivity contribution in [3.05, 3.63) is 48.2 Å². The van der Waals surface area contributed by atoms with Crippen LogP contribution in [0.5, 0.6) is 0 Å². The van der Waals surface area contributed by atoms with Crippen LogP contribution in [0.4, 0.5) is 11.8 Å². The van der Waals surface area contributed by atoms with Crippen molar-refractivity contribution in [3.63, 3.8) is 0 Å². The summed E-state index contributed by atoms with van der Waals surface area (Å²) in [4.78, 5) is 8.54. The molecule has 0 bridgehead atoms. The van der Waals surface area contributed by atoms with Gasteiger partial charge in [0.25, 0.3) is 0 Å². The number of hydrogen-bond acceptors (Lipinski definition) is 5. The maximum absolute atomic E-state index is 9.53. The van der Waals surface area contributed by atoms with Crippen LogP contribution in [0, 0.1) is 0 Å². The molecule has 0 aliphatic rings. The predicted molar refractivity (Wildman–Crippen MR) is 80.7 cm³/mol. The summed E-state index contributed by atoms with van der Waals surface area (Å²) in [6.07, 6.45) is 2.72. The van der Waals surface area contributed by atoms with E-state index in [0.29, 0.717) is 11.8 Å². The zero-order valence-electron chi connectivity index (χ0n) is 11.6. The average Bonchev–Trinajstić information content (AvgIpc) is 2.52. The van der Waals surface area contributed by atoms with Gasteiger partial charge in [0.15, 0.2) is 0 Å². The monoisotopic (exact) mass is 272 g/mol. The van der Waals surface area contributed by atoms with Crippen molar-refractivity contribution in [2.45, 2.75) is 19.4 Å². The van der Waals surface area contributed by atoms with Crippen LogP contribution in [0.2, 0.25) is 0 Å². The molecule has 0 amide bonds. The van der Waals surface area contributed by atoms with Crippen molar-refractivity contribution >= 4 is 11.8 Å². The molecule has 0 radical (unpaired) electrons. The maximum Gasteiger partial charge on any atom is 0.224 e. The predicted octanol–water partition coefficient (Wildman–Crippen LogP) is 2.44. The quantitative estimate of drug-likeness (QED) is 0.722. The molecule has 20 heavy (non-hydrogen) atoms. The maximum atomic E-state index is 9.53. The molecule has 0 aliphatic carbocycles. The zero-order valence-corrected chi connectivity index (χ0v) is 11.6. The first-order valence-corrected chi connectivity index (χ1v) is 6.82. The first-order valence-electron chi connectivity index (χ1n) is 6.82. The van der Waals surface area contributed by atoms with E-state index in [1.54, 1.807) is 12.3 Å². The number of nitrogens with zero attached hydrogens (tertiary/aromatic N) is 2. The summed E-state index contributed by atoms with van der Waals surface area (Å²) < 4.78 is 0. The number of hydrogen-bond donors (Lipinski definition) is 3.